The smallest absolute Gasteiger partial charge is 0.131 e. The van der Waals surface area contributed by atoms with Gasteiger partial charge in [0.05, 0.1) is 5.56 Å². The predicted octanol–water partition coefficient (Wildman–Crippen LogP) is 9.33. The topological polar surface area (TPSA) is 32.3 Å². The van der Waals surface area contributed by atoms with E-state index in [1.165, 1.54) is 79.4 Å². The molecule has 4 heteroatoms. The minimum Gasteiger partial charge on any atom is -0.507 e. The van der Waals surface area contributed by atoms with Crippen LogP contribution in [0, 0.1) is 52.8 Å². The minimum absolute atomic E-state index is 0.150. The Hall–Kier alpha value is -1.80. The van der Waals surface area contributed by atoms with E-state index in [4.69, 9.17) is 0 Å². The maximum absolute atomic E-state index is 11.5. The summed E-state index contributed by atoms with van der Waals surface area (Å²) in [6.45, 7) is 5.87. The van der Waals surface area contributed by atoms with E-state index in [0.29, 0.717) is 23.0 Å². The average molecular weight is 624 g/mol. The summed E-state index contributed by atoms with van der Waals surface area (Å²) in [6, 6.07) is 13.4. The van der Waals surface area contributed by atoms with Crippen LogP contribution in [-0.4, -0.2) is 21.6 Å². The van der Waals surface area contributed by atoms with Gasteiger partial charge in [-0.1, -0.05) is 82.8 Å². The van der Waals surface area contributed by atoms with Gasteiger partial charge in [0.2, 0.25) is 0 Å². The Morgan fingerprint density at radius 1 is 1.02 bits per heavy atom. The second-order valence-corrected chi connectivity index (χ2v) is 18.5. The highest BCUT2D eigenvalue weighted by atomic mass is 33.1. The van der Waals surface area contributed by atoms with Crippen molar-refractivity contribution in [3.8, 4) is 17.6 Å². The number of rotatable bonds is 0. The molecule has 9 atom stereocenters. The Balaban J connectivity index is 1.27. The molecule has 2 aromatic rings. The summed E-state index contributed by atoms with van der Waals surface area (Å²) >= 11 is 0. The van der Waals surface area contributed by atoms with Gasteiger partial charge in [0, 0.05) is 29.5 Å². The van der Waals surface area contributed by atoms with E-state index in [2.05, 4.69) is 95.1 Å². The van der Waals surface area contributed by atoms with E-state index < -0.39 is 0 Å². The molecule has 4 aliphatic carbocycles. The van der Waals surface area contributed by atoms with E-state index in [1.807, 2.05) is 6.07 Å². The quantitative estimate of drug-likeness (QED) is 0.174. The summed E-state index contributed by atoms with van der Waals surface area (Å²) in [5.74, 6) is 13.1. The molecule has 9 unspecified atom stereocenters. The van der Waals surface area contributed by atoms with Gasteiger partial charge < -0.3 is 10.4 Å². The van der Waals surface area contributed by atoms with Gasteiger partial charge in [0.15, 0.2) is 0 Å². The van der Waals surface area contributed by atoms with Crippen LogP contribution < -0.4 is 5.32 Å². The summed E-state index contributed by atoms with van der Waals surface area (Å²) in [6.07, 6.45) is 18.8. The van der Waals surface area contributed by atoms with Crippen molar-refractivity contribution >= 4 is 21.6 Å². The molecule has 1 spiro atoms. The Morgan fingerprint density at radius 2 is 1.91 bits per heavy atom. The Labute approximate surface area is 273 Å². The molecule has 2 heterocycles. The molecule has 2 aliphatic heterocycles. The molecule has 44 heavy (non-hydrogen) atoms. The van der Waals surface area contributed by atoms with Crippen molar-refractivity contribution in [3.63, 3.8) is 0 Å². The minimum atomic E-state index is 0.150. The molecule has 8 rings (SSSR count). The first-order valence-corrected chi connectivity index (χ1v) is 19.9. The summed E-state index contributed by atoms with van der Waals surface area (Å²) < 4.78 is 0. The molecule has 2 aromatic carbocycles. The average Bonchev–Trinajstić information content (AvgIpc) is 3.20. The maximum atomic E-state index is 11.5. The van der Waals surface area contributed by atoms with E-state index in [-0.39, 0.29) is 5.54 Å². The molecule has 0 aromatic heterocycles. The van der Waals surface area contributed by atoms with Gasteiger partial charge >= 0.3 is 0 Å². The van der Waals surface area contributed by atoms with Crippen LogP contribution in [-0.2, 0) is 19.4 Å². The highest BCUT2D eigenvalue weighted by Gasteiger charge is 2.54. The first kappa shape index (κ1) is 29.6. The molecule has 0 radical (unpaired) electrons. The summed E-state index contributed by atoms with van der Waals surface area (Å²) in [5.41, 5.74) is 6.69. The molecular formula is C40H49NOS2. The number of benzene rings is 2. The van der Waals surface area contributed by atoms with Crippen molar-refractivity contribution in [1.29, 1.82) is 0 Å². The van der Waals surface area contributed by atoms with Gasteiger partial charge in [-0.25, -0.2) is 0 Å². The molecule has 2 N–H and O–H groups in total. The number of hydrogen-bond donors (Lipinski definition) is 2. The number of allylic oxidation sites excluding steroid dienone is 2. The van der Waals surface area contributed by atoms with Gasteiger partial charge in [0.25, 0.3) is 0 Å². The zero-order chi connectivity index (χ0) is 29.9. The normalized spacial score (nSPS) is 39.5. The van der Waals surface area contributed by atoms with Crippen molar-refractivity contribution < 1.29 is 5.11 Å². The van der Waals surface area contributed by atoms with Crippen molar-refractivity contribution in [2.45, 2.75) is 102 Å². The number of aromatic hydroxyl groups is 1. The van der Waals surface area contributed by atoms with E-state index >= 15 is 0 Å². The monoisotopic (exact) mass is 623 g/mol. The summed E-state index contributed by atoms with van der Waals surface area (Å²) in [7, 11) is 4.37. The number of hydrogen-bond acceptors (Lipinski definition) is 4. The molecule has 232 valence electrons. The van der Waals surface area contributed by atoms with Crippen LogP contribution in [0.1, 0.15) is 99.5 Å². The molecule has 0 amide bonds. The van der Waals surface area contributed by atoms with Crippen LogP contribution >= 0.6 is 21.6 Å². The number of fused-ring (bicyclic) bond motifs is 9. The Kier molecular flexibility index (Phi) is 7.92. The first-order valence-electron chi connectivity index (χ1n) is 17.5. The van der Waals surface area contributed by atoms with E-state index in [0.717, 1.165) is 60.3 Å². The highest BCUT2D eigenvalue weighted by molar-refractivity contribution is 8.77. The molecule has 1 saturated heterocycles. The zero-order valence-corrected chi connectivity index (χ0v) is 28.2. The fraction of sp³-hybridized carbons (Fsp3) is 0.600. The third kappa shape index (κ3) is 5.58. The van der Waals surface area contributed by atoms with Gasteiger partial charge in [-0.05, 0) is 140 Å². The summed E-state index contributed by atoms with van der Waals surface area (Å²) in [5, 5.41) is 16.3. The Bertz CT molecular complexity index is 1500. The molecular weight excluding hydrogens is 575 g/mol. The van der Waals surface area contributed by atoms with E-state index in [9.17, 15) is 5.11 Å². The number of nitrogens with one attached hydrogen (secondary N) is 1. The van der Waals surface area contributed by atoms with Crippen LogP contribution in [0.3, 0.4) is 0 Å². The van der Waals surface area contributed by atoms with Crippen molar-refractivity contribution in [2.75, 3.05) is 5.75 Å². The number of phenols is 1. The zero-order valence-electron chi connectivity index (χ0n) is 26.6. The second-order valence-electron chi connectivity index (χ2n) is 15.9. The Morgan fingerprint density at radius 3 is 2.80 bits per heavy atom. The van der Waals surface area contributed by atoms with Crippen molar-refractivity contribution in [1.82, 2.24) is 5.32 Å². The molecule has 8 bridgehead atoms. The highest BCUT2D eigenvalue weighted by Crippen LogP contribution is 2.62. The van der Waals surface area contributed by atoms with Crippen LogP contribution in [0.4, 0.5) is 0 Å². The third-order valence-corrected chi connectivity index (χ3v) is 15.9. The van der Waals surface area contributed by atoms with Crippen LogP contribution in [0.5, 0.6) is 5.75 Å². The first-order chi connectivity index (χ1) is 21.4. The van der Waals surface area contributed by atoms with Crippen LogP contribution in [0.2, 0.25) is 0 Å². The van der Waals surface area contributed by atoms with Crippen molar-refractivity contribution in [2.24, 2.45) is 40.9 Å². The fourth-order valence-electron chi connectivity index (χ4n) is 10.6. The lowest BCUT2D eigenvalue weighted by Crippen LogP contribution is -2.50. The number of phenolic OH excluding ortho intramolecular Hbond substituents is 1. The lowest BCUT2D eigenvalue weighted by molar-refractivity contribution is -0.0491. The molecule has 3 fully saturated rings. The lowest BCUT2D eigenvalue weighted by Gasteiger charge is -2.58. The third-order valence-electron chi connectivity index (χ3n) is 12.7. The summed E-state index contributed by atoms with van der Waals surface area (Å²) in [4.78, 5) is 0. The SMILES string of the molecule is CC1CC=CC2(C1)CC1CC#Cc3c(O)cc4cc3CC3CC(CC2C3C1)C1CCC(C)(CSS1)NCc1ccccc1C4. The lowest BCUT2D eigenvalue weighted by atomic mass is 9.47. The van der Waals surface area contributed by atoms with Crippen molar-refractivity contribution in [3.05, 3.63) is 76.4 Å². The van der Waals surface area contributed by atoms with E-state index in [1.54, 1.807) is 0 Å². The van der Waals surface area contributed by atoms with Gasteiger partial charge in [-0.3, -0.25) is 0 Å². The second kappa shape index (κ2) is 11.8. The molecule has 6 aliphatic rings. The molecule has 2 saturated carbocycles. The molecule has 2 nitrogen and oxygen atoms in total. The van der Waals surface area contributed by atoms with Crippen LogP contribution in [0.15, 0.2) is 48.6 Å². The maximum Gasteiger partial charge on any atom is 0.131 e. The van der Waals surface area contributed by atoms with Gasteiger partial charge in [-0.2, -0.15) is 0 Å². The fourth-order valence-corrected chi connectivity index (χ4v) is 14.2. The van der Waals surface area contributed by atoms with Gasteiger partial charge in [-0.15, -0.1) is 0 Å². The predicted molar refractivity (Wildman–Crippen MR) is 187 cm³/mol. The van der Waals surface area contributed by atoms with Crippen LogP contribution in [0.25, 0.3) is 0 Å². The standard InChI is InChI=1S/C40H49NOS2/c1-26-7-6-13-40(22-26)23-27-8-5-11-34-31-16-28(18-37(34)42)15-29-9-3-4-10-30(29)24-41-39(2)14-12-38(44-43-25-39)33-20-32(19-31)35(17-27)36(40)21-33/h3-4,6,9-10,13,16,18,26-27,32-33,35-36,38,41-42H,7-8,12,14-15,17,19-25H2,1-2H3. The van der Waals surface area contributed by atoms with Gasteiger partial charge in [0.1, 0.15) is 5.75 Å². The largest absolute Gasteiger partial charge is 0.507 e.